The standard InChI is InChI=1S/C12H18ClN3O2S/c1-16-12(13)10(6-14-16)15-11(17)8-19-7-9-4-2-3-5-18-9/h6,9H,2-5,7-8H2,1H3,(H,15,17). The zero-order chi connectivity index (χ0) is 13.7. The predicted molar refractivity (Wildman–Crippen MR) is 77.8 cm³/mol. The van der Waals surface area contributed by atoms with E-state index in [0.717, 1.165) is 25.2 Å². The third kappa shape index (κ3) is 4.40. The fraction of sp³-hybridized carbons (Fsp3) is 0.667. The van der Waals surface area contributed by atoms with Crippen LogP contribution in [0.5, 0.6) is 0 Å². The third-order valence-electron chi connectivity index (χ3n) is 2.95. The molecule has 0 aliphatic carbocycles. The van der Waals surface area contributed by atoms with Gasteiger partial charge in [0.15, 0.2) is 0 Å². The van der Waals surface area contributed by atoms with E-state index >= 15 is 0 Å². The molecule has 106 valence electrons. The molecule has 1 aliphatic heterocycles. The van der Waals surface area contributed by atoms with Crippen molar-refractivity contribution < 1.29 is 9.53 Å². The highest BCUT2D eigenvalue weighted by Crippen LogP contribution is 2.21. The Morgan fingerprint density at radius 2 is 2.53 bits per heavy atom. The molecule has 1 fully saturated rings. The summed E-state index contributed by atoms with van der Waals surface area (Å²) in [5.74, 6) is 1.22. The number of amides is 1. The lowest BCUT2D eigenvalue weighted by Gasteiger charge is -2.21. The van der Waals surface area contributed by atoms with Crippen LogP contribution in [0.1, 0.15) is 19.3 Å². The number of rotatable bonds is 5. The van der Waals surface area contributed by atoms with Gasteiger partial charge in [-0.3, -0.25) is 9.48 Å². The van der Waals surface area contributed by atoms with Crippen LogP contribution in [-0.2, 0) is 16.6 Å². The van der Waals surface area contributed by atoms with E-state index in [1.54, 1.807) is 25.0 Å². The van der Waals surface area contributed by atoms with E-state index in [-0.39, 0.29) is 5.91 Å². The maximum absolute atomic E-state index is 11.7. The van der Waals surface area contributed by atoms with Gasteiger partial charge in [0.2, 0.25) is 5.91 Å². The summed E-state index contributed by atoms with van der Waals surface area (Å²) in [4.78, 5) is 11.7. The molecule has 5 nitrogen and oxygen atoms in total. The zero-order valence-corrected chi connectivity index (χ0v) is 12.5. The van der Waals surface area contributed by atoms with Gasteiger partial charge < -0.3 is 10.1 Å². The third-order valence-corrected chi connectivity index (χ3v) is 4.47. The normalized spacial score (nSPS) is 19.4. The number of carbonyl (C=O) groups excluding carboxylic acids is 1. The number of anilines is 1. The molecule has 2 rings (SSSR count). The fourth-order valence-corrected chi connectivity index (χ4v) is 2.96. The van der Waals surface area contributed by atoms with E-state index in [1.165, 1.54) is 11.1 Å². The minimum atomic E-state index is -0.0595. The number of aromatic nitrogens is 2. The van der Waals surface area contributed by atoms with Gasteiger partial charge in [-0.25, -0.2) is 0 Å². The Morgan fingerprint density at radius 3 is 3.16 bits per heavy atom. The van der Waals surface area contributed by atoms with Crippen LogP contribution < -0.4 is 5.32 Å². The number of halogens is 1. The van der Waals surface area contributed by atoms with Gasteiger partial charge in [0, 0.05) is 19.4 Å². The van der Waals surface area contributed by atoms with Crippen LogP contribution >= 0.6 is 23.4 Å². The van der Waals surface area contributed by atoms with Crippen LogP contribution in [0.3, 0.4) is 0 Å². The highest BCUT2D eigenvalue weighted by atomic mass is 35.5. The summed E-state index contributed by atoms with van der Waals surface area (Å²) in [6.45, 7) is 0.850. The molecule has 1 aliphatic rings. The molecule has 1 unspecified atom stereocenters. The van der Waals surface area contributed by atoms with E-state index in [9.17, 15) is 4.79 Å². The van der Waals surface area contributed by atoms with Crippen LogP contribution in [0.15, 0.2) is 6.20 Å². The number of carbonyl (C=O) groups is 1. The van der Waals surface area contributed by atoms with Gasteiger partial charge in [0.05, 0.1) is 23.7 Å². The van der Waals surface area contributed by atoms with Crippen LogP contribution in [0.2, 0.25) is 5.15 Å². The van der Waals surface area contributed by atoms with Crippen molar-refractivity contribution in [2.45, 2.75) is 25.4 Å². The maximum atomic E-state index is 11.7. The number of hydrogen-bond acceptors (Lipinski definition) is 4. The zero-order valence-electron chi connectivity index (χ0n) is 10.9. The second kappa shape index (κ2) is 7.17. The average Bonchev–Trinajstić information content (AvgIpc) is 2.72. The Hall–Kier alpha value is -0.720. The SMILES string of the molecule is Cn1ncc(NC(=O)CSCC2CCCCO2)c1Cl. The van der Waals surface area contributed by atoms with Gasteiger partial charge in [-0.2, -0.15) is 5.10 Å². The van der Waals surface area contributed by atoms with Crippen molar-refractivity contribution in [1.82, 2.24) is 9.78 Å². The highest BCUT2D eigenvalue weighted by molar-refractivity contribution is 8.00. The molecular formula is C12H18ClN3O2S. The number of ether oxygens (including phenoxy) is 1. The second-order valence-electron chi connectivity index (χ2n) is 4.52. The van der Waals surface area contributed by atoms with Gasteiger partial charge in [-0.05, 0) is 19.3 Å². The molecule has 0 aromatic carbocycles. The molecule has 1 aromatic heterocycles. The molecular weight excluding hydrogens is 286 g/mol. The van der Waals surface area contributed by atoms with Gasteiger partial charge >= 0.3 is 0 Å². The summed E-state index contributed by atoms with van der Waals surface area (Å²) in [5.41, 5.74) is 0.559. The molecule has 19 heavy (non-hydrogen) atoms. The molecule has 1 saturated heterocycles. The van der Waals surface area contributed by atoms with E-state index in [2.05, 4.69) is 10.4 Å². The first kappa shape index (κ1) is 14.7. The molecule has 0 saturated carbocycles. The summed E-state index contributed by atoms with van der Waals surface area (Å²) in [5, 5.41) is 7.16. The minimum Gasteiger partial charge on any atom is -0.377 e. The predicted octanol–water partition coefficient (Wildman–Crippen LogP) is 2.31. The van der Waals surface area contributed by atoms with E-state index in [4.69, 9.17) is 16.3 Å². The van der Waals surface area contributed by atoms with Gasteiger partial charge in [-0.1, -0.05) is 11.6 Å². The molecule has 0 radical (unpaired) electrons. The molecule has 0 bridgehead atoms. The first-order valence-electron chi connectivity index (χ1n) is 6.33. The van der Waals surface area contributed by atoms with Crippen molar-refractivity contribution in [1.29, 1.82) is 0 Å². The molecule has 1 N–H and O–H groups in total. The highest BCUT2D eigenvalue weighted by Gasteiger charge is 2.15. The minimum absolute atomic E-state index is 0.0595. The lowest BCUT2D eigenvalue weighted by Crippen LogP contribution is -2.23. The van der Waals surface area contributed by atoms with Crippen LogP contribution in [0.4, 0.5) is 5.69 Å². The van der Waals surface area contributed by atoms with Crippen molar-refractivity contribution >= 4 is 35.0 Å². The number of nitrogens with zero attached hydrogens (tertiary/aromatic N) is 2. The van der Waals surface area contributed by atoms with Gasteiger partial charge in [-0.15, -0.1) is 11.8 Å². The summed E-state index contributed by atoms with van der Waals surface area (Å²) in [6.07, 6.45) is 5.33. The molecule has 2 heterocycles. The maximum Gasteiger partial charge on any atom is 0.234 e. The van der Waals surface area contributed by atoms with Gasteiger partial charge in [0.25, 0.3) is 0 Å². The molecule has 1 aromatic rings. The topological polar surface area (TPSA) is 56.2 Å². The summed E-state index contributed by atoms with van der Waals surface area (Å²) < 4.78 is 7.13. The lowest BCUT2D eigenvalue weighted by molar-refractivity contribution is -0.113. The van der Waals surface area contributed by atoms with Crippen LogP contribution in [0.25, 0.3) is 0 Å². The van der Waals surface area contributed by atoms with Crippen molar-refractivity contribution in [3.8, 4) is 0 Å². The van der Waals surface area contributed by atoms with E-state index in [0.29, 0.717) is 22.7 Å². The van der Waals surface area contributed by atoms with Crippen LogP contribution in [0, 0.1) is 0 Å². The Morgan fingerprint density at radius 1 is 1.68 bits per heavy atom. The Bertz CT molecular complexity index is 433. The van der Waals surface area contributed by atoms with E-state index < -0.39 is 0 Å². The van der Waals surface area contributed by atoms with Crippen LogP contribution in [-0.4, -0.2) is 39.9 Å². The average molecular weight is 304 g/mol. The van der Waals surface area contributed by atoms with Gasteiger partial charge in [0.1, 0.15) is 5.15 Å². The monoisotopic (exact) mass is 303 g/mol. The Labute approximate surface area is 122 Å². The Balaban J connectivity index is 1.68. The number of hydrogen-bond donors (Lipinski definition) is 1. The second-order valence-corrected chi connectivity index (χ2v) is 5.91. The molecule has 0 spiro atoms. The molecule has 1 atom stereocenters. The first-order chi connectivity index (χ1) is 9.16. The van der Waals surface area contributed by atoms with Crippen molar-refractivity contribution in [3.63, 3.8) is 0 Å². The number of nitrogens with one attached hydrogen (secondary N) is 1. The number of aryl methyl sites for hydroxylation is 1. The largest absolute Gasteiger partial charge is 0.377 e. The summed E-state index contributed by atoms with van der Waals surface area (Å²) in [7, 11) is 1.73. The number of thioether (sulfide) groups is 1. The van der Waals surface area contributed by atoms with Crippen molar-refractivity contribution in [3.05, 3.63) is 11.3 Å². The molecule has 1 amide bonds. The summed E-state index contributed by atoms with van der Waals surface area (Å²) >= 11 is 7.56. The first-order valence-corrected chi connectivity index (χ1v) is 7.87. The fourth-order valence-electron chi connectivity index (χ4n) is 1.91. The Kier molecular flexibility index (Phi) is 5.54. The molecule has 7 heteroatoms. The smallest absolute Gasteiger partial charge is 0.234 e. The summed E-state index contributed by atoms with van der Waals surface area (Å²) in [6, 6.07) is 0. The van der Waals surface area contributed by atoms with Crippen molar-refractivity contribution in [2.24, 2.45) is 7.05 Å². The van der Waals surface area contributed by atoms with E-state index in [1.807, 2.05) is 0 Å². The van der Waals surface area contributed by atoms with Crippen molar-refractivity contribution in [2.75, 3.05) is 23.4 Å². The quantitative estimate of drug-likeness (QED) is 0.907. The lowest BCUT2D eigenvalue weighted by atomic mass is 10.1.